The Balaban J connectivity index is 1.60. The Morgan fingerprint density at radius 3 is 2.09 bits per heavy atom. The van der Waals surface area contributed by atoms with E-state index in [0.29, 0.717) is 17.0 Å². The molecule has 0 saturated heterocycles. The molecule has 1 aliphatic heterocycles. The molecule has 0 bridgehead atoms. The fourth-order valence-electron chi connectivity index (χ4n) is 2.50. The third kappa shape index (κ3) is 2.18. The van der Waals surface area contributed by atoms with Gasteiger partial charge in [-0.2, -0.15) is 0 Å². The van der Waals surface area contributed by atoms with Crippen LogP contribution >= 0.6 is 0 Å². The molecule has 0 aliphatic carbocycles. The van der Waals surface area contributed by atoms with Crippen LogP contribution in [0.5, 0.6) is 0 Å². The van der Waals surface area contributed by atoms with E-state index < -0.39 is 0 Å². The van der Waals surface area contributed by atoms with E-state index in [2.05, 4.69) is 15.4 Å². The monoisotopic (exact) mass is 305 g/mol. The van der Waals surface area contributed by atoms with Crippen LogP contribution in [-0.2, 0) is 6.67 Å². The second-order valence-corrected chi connectivity index (χ2v) is 5.08. The maximum Gasteiger partial charge on any atom is 0.263 e. The molecule has 1 aliphatic rings. The Hall–Kier alpha value is -3.35. The number of rotatable bonds is 3. The Bertz CT molecular complexity index is 869. The van der Waals surface area contributed by atoms with Crippen LogP contribution in [-0.4, -0.2) is 36.9 Å². The van der Waals surface area contributed by atoms with E-state index in [9.17, 15) is 9.59 Å². The number of fused-ring (bicyclic) bond motifs is 1. The molecular weight excluding hydrogens is 294 g/mol. The first-order chi connectivity index (χ1) is 11.2. The van der Waals surface area contributed by atoms with Crippen molar-refractivity contribution in [3.05, 3.63) is 65.7 Å². The van der Waals surface area contributed by atoms with Gasteiger partial charge in [0.25, 0.3) is 11.8 Å². The number of amides is 2. The smallest absolute Gasteiger partial charge is 0.263 e. The molecule has 23 heavy (non-hydrogen) atoms. The van der Waals surface area contributed by atoms with Gasteiger partial charge >= 0.3 is 0 Å². The van der Waals surface area contributed by atoms with Gasteiger partial charge in [0.05, 0.1) is 11.1 Å². The number of carbonyl (C=O) groups is 2. The van der Waals surface area contributed by atoms with E-state index in [1.54, 1.807) is 24.3 Å². The zero-order valence-corrected chi connectivity index (χ0v) is 12.0. The van der Waals surface area contributed by atoms with Crippen LogP contribution in [0.4, 0.5) is 0 Å². The van der Waals surface area contributed by atoms with Gasteiger partial charge in [-0.25, -0.2) is 0 Å². The standard InChI is InChI=1S/C16H11N5O2/c22-15-12-8-4-5-9-13(12)16(23)20(15)10-21-18-14(17-19-21)11-6-2-1-3-7-11/h1-9H,10H2. The van der Waals surface area contributed by atoms with E-state index in [0.717, 1.165) is 10.5 Å². The predicted octanol–water partition coefficient (Wildman–Crippen LogP) is 1.59. The van der Waals surface area contributed by atoms with Crippen LogP contribution in [0.1, 0.15) is 20.7 Å². The molecule has 0 saturated carbocycles. The highest BCUT2D eigenvalue weighted by Crippen LogP contribution is 2.22. The molecule has 0 unspecified atom stereocenters. The van der Waals surface area contributed by atoms with E-state index in [1.807, 2.05) is 30.3 Å². The zero-order chi connectivity index (χ0) is 15.8. The lowest BCUT2D eigenvalue weighted by molar-refractivity contribution is 0.0586. The average molecular weight is 305 g/mol. The average Bonchev–Trinajstić information content (AvgIpc) is 3.16. The SMILES string of the molecule is O=C1c2ccccc2C(=O)N1Cn1nnc(-c2ccccc2)n1. The molecule has 0 fully saturated rings. The summed E-state index contributed by atoms with van der Waals surface area (Å²) in [5.74, 6) is -0.240. The molecule has 0 N–H and O–H groups in total. The van der Waals surface area contributed by atoms with Crippen molar-refractivity contribution in [3.8, 4) is 11.4 Å². The van der Waals surface area contributed by atoms with Crippen molar-refractivity contribution in [3.63, 3.8) is 0 Å². The summed E-state index contributed by atoms with van der Waals surface area (Å²) >= 11 is 0. The van der Waals surface area contributed by atoms with Gasteiger partial charge in [0.2, 0.25) is 5.82 Å². The van der Waals surface area contributed by atoms with Crippen LogP contribution < -0.4 is 0 Å². The highest BCUT2D eigenvalue weighted by atomic mass is 16.2. The lowest BCUT2D eigenvalue weighted by Gasteiger charge is -2.11. The lowest BCUT2D eigenvalue weighted by atomic mass is 10.1. The number of hydrogen-bond acceptors (Lipinski definition) is 5. The van der Waals surface area contributed by atoms with Crippen molar-refractivity contribution in [1.29, 1.82) is 0 Å². The van der Waals surface area contributed by atoms with Crippen LogP contribution in [0.2, 0.25) is 0 Å². The minimum Gasteiger partial charge on any atom is -0.269 e. The van der Waals surface area contributed by atoms with Crippen LogP contribution in [0.25, 0.3) is 11.4 Å². The van der Waals surface area contributed by atoms with Crippen molar-refractivity contribution in [1.82, 2.24) is 25.1 Å². The lowest BCUT2D eigenvalue weighted by Crippen LogP contribution is -2.32. The third-order valence-corrected chi connectivity index (χ3v) is 3.63. The van der Waals surface area contributed by atoms with E-state index in [4.69, 9.17) is 0 Å². The van der Waals surface area contributed by atoms with Gasteiger partial charge in [-0.3, -0.25) is 14.5 Å². The zero-order valence-electron chi connectivity index (χ0n) is 12.0. The maximum absolute atomic E-state index is 12.3. The number of imide groups is 1. The van der Waals surface area contributed by atoms with Crippen molar-refractivity contribution >= 4 is 11.8 Å². The summed E-state index contributed by atoms with van der Waals surface area (Å²) in [7, 11) is 0. The van der Waals surface area contributed by atoms with E-state index in [1.165, 1.54) is 4.80 Å². The summed E-state index contributed by atoms with van der Waals surface area (Å²) in [6, 6.07) is 16.1. The van der Waals surface area contributed by atoms with Crippen molar-refractivity contribution in [2.45, 2.75) is 6.67 Å². The first-order valence-corrected chi connectivity index (χ1v) is 7.02. The topological polar surface area (TPSA) is 81.0 Å². The molecule has 7 heteroatoms. The fraction of sp³-hybridized carbons (Fsp3) is 0.0625. The van der Waals surface area contributed by atoms with Crippen molar-refractivity contribution < 1.29 is 9.59 Å². The molecule has 0 spiro atoms. The number of carbonyl (C=O) groups excluding carboxylic acids is 2. The molecule has 2 aromatic carbocycles. The first kappa shape index (κ1) is 13.3. The molecular formula is C16H11N5O2. The quantitative estimate of drug-likeness (QED) is 0.686. The first-order valence-electron chi connectivity index (χ1n) is 7.02. The number of aromatic nitrogens is 4. The molecule has 7 nitrogen and oxygen atoms in total. The fourth-order valence-corrected chi connectivity index (χ4v) is 2.50. The summed E-state index contributed by atoms with van der Waals surface area (Å²) in [4.78, 5) is 27.0. The van der Waals surface area contributed by atoms with Gasteiger partial charge in [0, 0.05) is 5.56 Å². The van der Waals surface area contributed by atoms with Gasteiger partial charge in [-0.05, 0) is 17.3 Å². The Labute approximate surface area is 131 Å². The van der Waals surface area contributed by atoms with Gasteiger partial charge in [-0.1, -0.05) is 42.5 Å². The van der Waals surface area contributed by atoms with Gasteiger partial charge in [0.15, 0.2) is 0 Å². The van der Waals surface area contributed by atoms with E-state index in [-0.39, 0.29) is 18.5 Å². The minimum atomic E-state index is -0.343. The van der Waals surface area contributed by atoms with E-state index >= 15 is 0 Å². The number of tetrazole rings is 1. The summed E-state index contributed by atoms with van der Waals surface area (Å²) in [5, 5.41) is 12.1. The molecule has 112 valence electrons. The van der Waals surface area contributed by atoms with Gasteiger partial charge < -0.3 is 0 Å². The Morgan fingerprint density at radius 1 is 0.826 bits per heavy atom. The Morgan fingerprint density at radius 2 is 1.43 bits per heavy atom. The van der Waals surface area contributed by atoms with Gasteiger partial charge in [0.1, 0.15) is 6.67 Å². The largest absolute Gasteiger partial charge is 0.269 e. The number of hydrogen-bond donors (Lipinski definition) is 0. The normalized spacial score (nSPS) is 13.5. The molecule has 0 atom stereocenters. The summed E-state index contributed by atoms with van der Waals surface area (Å²) in [6.45, 7) is -0.0633. The second-order valence-electron chi connectivity index (χ2n) is 5.08. The third-order valence-electron chi connectivity index (χ3n) is 3.63. The molecule has 3 aromatic rings. The van der Waals surface area contributed by atoms with Crippen LogP contribution in [0.3, 0.4) is 0 Å². The molecule has 2 heterocycles. The predicted molar refractivity (Wildman–Crippen MR) is 80.2 cm³/mol. The summed E-state index contributed by atoms with van der Waals surface area (Å²) in [5.41, 5.74) is 1.63. The highest BCUT2D eigenvalue weighted by Gasteiger charge is 2.35. The van der Waals surface area contributed by atoms with Crippen molar-refractivity contribution in [2.75, 3.05) is 0 Å². The Kier molecular flexibility index (Phi) is 2.97. The van der Waals surface area contributed by atoms with Gasteiger partial charge in [-0.15, -0.1) is 15.0 Å². The molecule has 1 aromatic heterocycles. The van der Waals surface area contributed by atoms with Crippen molar-refractivity contribution in [2.24, 2.45) is 0 Å². The van der Waals surface area contributed by atoms with Crippen LogP contribution in [0, 0.1) is 0 Å². The molecule has 4 rings (SSSR count). The minimum absolute atomic E-state index is 0.0633. The number of benzene rings is 2. The highest BCUT2D eigenvalue weighted by molar-refractivity contribution is 6.21. The van der Waals surface area contributed by atoms with Crippen LogP contribution in [0.15, 0.2) is 54.6 Å². The maximum atomic E-state index is 12.3. The summed E-state index contributed by atoms with van der Waals surface area (Å²) in [6.07, 6.45) is 0. The molecule has 2 amide bonds. The summed E-state index contributed by atoms with van der Waals surface area (Å²) < 4.78 is 0. The molecule has 0 radical (unpaired) electrons. The number of nitrogens with zero attached hydrogens (tertiary/aromatic N) is 5. The second kappa shape index (κ2) is 5.13.